The highest BCUT2D eigenvalue weighted by molar-refractivity contribution is 7.84. The van der Waals surface area contributed by atoms with Crippen LogP contribution in [0.1, 0.15) is 21.0 Å². The molecule has 0 aliphatic carbocycles. The summed E-state index contributed by atoms with van der Waals surface area (Å²) in [4.78, 5) is 28.8. The van der Waals surface area contributed by atoms with Crippen molar-refractivity contribution < 1.29 is 13.8 Å². The lowest BCUT2D eigenvalue weighted by molar-refractivity contribution is 0.0995. The van der Waals surface area contributed by atoms with Crippen molar-refractivity contribution in [2.45, 2.75) is 4.90 Å². The lowest BCUT2D eigenvalue weighted by Crippen LogP contribution is -2.18. The number of amides is 2. The van der Waals surface area contributed by atoms with E-state index in [9.17, 15) is 13.8 Å². The number of carbonyl (C=O) groups excluding carboxylic acids is 2. The van der Waals surface area contributed by atoms with Crippen molar-refractivity contribution in [1.82, 2.24) is 14.8 Å². The van der Waals surface area contributed by atoms with Crippen molar-refractivity contribution in [3.05, 3.63) is 47.2 Å². The van der Waals surface area contributed by atoms with Crippen LogP contribution in [0.3, 0.4) is 0 Å². The summed E-state index contributed by atoms with van der Waals surface area (Å²) in [5, 5.41) is 8.75. The Bertz CT molecular complexity index is 1020. The minimum absolute atomic E-state index is 0.0190. The summed E-state index contributed by atoms with van der Waals surface area (Å²) < 4.78 is 13.0. The number of hydrogen-bond donors (Lipinski definition) is 2. The highest BCUT2D eigenvalue weighted by Gasteiger charge is 2.18. The van der Waals surface area contributed by atoms with Crippen molar-refractivity contribution in [3.63, 3.8) is 0 Å². The van der Waals surface area contributed by atoms with Crippen LogP contribution in [0.4, 0.5) is 5.69 Å². The van der Waals surface area contributed by atoms with Gasteiger partial charge in [0.05, 0.1) is 5.69 Å². The average molecular weight is 389 g/mol. The topological polar surface area (TPSA) is 120 Å². The first-order chi connectivity index (χ1) is 12.3. The van der Waals surface area contributed by atoms with Crippen LogP contribution in [-0.4, -0.2) is 37.0 Å². The molecule has 2 heterocycles. The van der Waals surface area contributed by atoms with Crippen molar-refractivity contribution in [2.75, 3.05) is 11.6 Å². The molecule has 134 valence electrons. The minimum atomic E-state index is -1.10. The largest absolute Gasteiger partial charge is 0.364 e. The standard InChI is InChI=1S/C16H15N5O3S2/c1-21-7-11(13(20-21)14(17)22)18-15(23)12-8-25-16(19-12)9-4-3-5-10(6-9)26(2)24/h3-8H,1-2H3,(H2,17,22)(H,18,23). The summed E-state index contributed by atoms with van der Waals surface area (Å²) >= 11 is 1.29. The summed E-state index contributed by atoms with van der Waals surface area (Å²) in [6.45, 7) is 0. The molecule has 0 radical (unpaired) electrons. The number of aryl methyl sites for hydroxylation is 1. The number of primary amides is 1. The summed E-state index contributed by atoms with van der Waals surface area (Å²) in [7, 11) is 0.517. The van der Waals surface area contributed by atoms with Gasteiger partial charge in [0.2, 0.25) is 0 Å². The van der Waals surface area contributed by atoms with E-state index in [2.05, 4.69) is 15.4 Å². The third kappa shape index (κ3) is 3.70. The zero-order valence-electron chi connectivity index (χ0n) is 13.9. The van der Waals surface area contributed by atoms with Crippen molar-refractivity contribution >= 4 is 39.6 Å². The fourth-order valence-corrected chi connectivity index (χ4v) is 3.63. The van der Waals surface area contributed by atoms with Gasteiger partial charge in [-0.3, -0.25) is 18.5 Å². The van der Waals surface area contributed by atoms with Crippen LogP contribution >= 0.6 is 11.3 Å². The van der Waals surface area contributed by atoms with Gasteiger partial charge < -0.3 is 11.1 Å². The van der Waals surface area contributed by atoms with Crippen LogP contribution < -0.4 is 11.1 Å². The molecule has 3 N–H and O–H groups in total. The smallest absolute Gasteiger partial charge is 0.275 e. The number of hydrogen-bond acceptors (Lipinski definition) is 6. The van der Waals surface area contributed by atoms with Gasteiger partial charge in [-0.2, -0.15) is 5.10 Å². The second-order valence-electron chi connectivity index (χ2n) is 5.40. The van der Waals surface area contributed by atoms with E-state index in [1.165, 1.54) is 22.2 Å². The van der Waals surface area contributed by atoms with E-state index in [-0.39, 0.29) is 17.1 Å². The molecule has 0 aliphatic rings. The van der Waals surface area contributed by atoms with Crippen LogP contribution in [0.25, 0.3) is 10.6 Å². The minimum Gasteiger partial charge on any atom is -0.364 e. The van der Waals surface area contributed by atoms with Crippen LogP contribution in [0.5, 0.6) is 0 Å². The van der Waals surface area contributed by atoms with E-state index < -0.39 is 22.6 Å². The number of carbonyl (C=O) groups is 2. The van der Waals surface area contributed by atoms with E-state index in [1.54, 1.807) is 36.9 Å². The molecule has 0 saturated carbocycles. The first-order valence-corrected chi connectivity index (χ1v) is 9.83. The molecule has 1 aromatic carbocycles. The molecule has 10 heteroatoms. The van der Waals surface area contributed by atoms with Gasteiger partial charge in [0.1, 0.15) is 10.7 Å². The number of benzene rings is 1. The lowest BCUT2D eigenvalue weighted by atomic mass is 10.2. The van der Waals surface area contributed by atoms with Gasteiger partial charge in [-0.05, 0) is 12.1 Å². The number of nitrogens with two attached hydrogens (primary N) is 1. The monoisotopic (exact) mass is 389 g/mol. The molecular formula is C16H15N5O3S2. The zero-order valence-corrected chi connectivity index (χ0v) is 15.6. The number of thiazole rings is 1. The second kappa shape index (κ2) is 7.18. The van der Waals surface area contributed by atoms with Gasteiger partial charge in [0.25, 0.3) is 11.8 Å². The van der Waals surface area contributed by atoms with E-state index in [0.717, 1.165) is 5.56 Å². The molecule has 1 atom stereocenters. The fourth-order valence-electron chi connectivity index (χ4n) is 2.27. The Morgan fingerprint density at radius 1 is 1.35 bits per heavy atom. The Morgan fingerprint density at radius 3 is 2.81 bits per heavy atom. The lowest BCUT2D eigenvalue weighted by Gasteiger charge is -2.01. The molecule has 26 heavy (non-hydrogen) atoms. The quantitative estimate of drug-likeness (QED) is 0.687. The predicted octanol–water partition coefficient (Wildman–Crippen LogP) is 1.63. The molecule has 8 nitrogen and oxygen atoms in total. The normalized spacial score (nSPS) is 11.9. The summed E-state index contributed by atoms with van der Waals surface area (Å²) in [5.41, 5.74) is 6.44. The Morgan fingerprint density at radius 2 is 2.12 bits per heavy atom. The maximum Gasteiger partial charge on any atom is 0.275 e. The molecule has 1 unspecified atom stereocenters. The summed E-state index contributed by atoms with van der Waals surface area (Å²) in [6, 6.07) is 7.18. The number of nitrogens with one attached hydrogen (secondary N) is 1. The number of anilines is 1. The van der Waals surface area contributed by atoms with Gasteiger partial charge >= 0.3 is 0 Å². The van der Waals surface area contributed by atoms with Crippen LogP contribution in [0.15, 0.2) is 40.7 Å². The first-order valence-electron chi connectivity index (χ1n) is 7.39. The fraction of sp³-hybridized carbons (Fsp3) is 0.125. The van der Waals surface area contributed by atoms with Gasteiger partial charge in [0.15, 0.2) is 5.69 Å². The number of aromatic nitrogens is 3. The van der Waals surface area contributed by atoms with Gasteiger partial charge in [-0.1, -0.05) is 12.1 Å². The SMILES string of the molecule is Cn1cc(NC(=O)c2csc(-c3cccc(S(C)=O)c3)n2)c(C(N)=O)n1. The molecule has 0 fully saturated rings. The van der Waals surface area contributed by atoms with Crippen molar-refractivity contribution in [2.24, 2.45) is 12.8 Å². The maximum atomic E-state index is 12.4. The third-order valence-corrected chi connectivity index (χ3v) is 5.27. The number of rotatable bonds is 5. The van der Waals surface area contributed by atoms with Crippen molar-refractivity contribution in [3.8, 4) is 10.6 Å². The molecule has 0 bridgehead atoms. The number of nitrogens with zero attached hydrogens (tertiary/aromatic N) is 3. The molecule has 0 spiro atoms. The molecule has 3 rings (SSSR count). The summed E-state index contributed by atoms with van der Waals surface area (Å²) in [5.74, 6) is -1.21. The van der Waals surface area contributed by atoms with Gasteiger partial charge in [-0.25, -0.2) is 4.98 Å². The molecule has 2 aromatic heterocycles. The van der Waals surface area contributed by atoms with Crippen LogP contribution in [0.2, 0.25) is 0 Å². The third-order valence-electron chi connectivity index (χ3n) is 3.46. The van der Waals surface area contributed by atoms with E-state index in [1.807, 2.05) is 6.07 Å². The predicted molar refractivity (Wildman–Crippen MR) is 99.6 cm³/mol. The molecule has 0 saturated heterocycles. The van der Waals surface area contributed by atoms with E-state index >= 15 is 0 Å². The summed E-state index contributed by atoms with van der Waals surface area (Å²) in [6.07, 6.45) is 3.09. The maximum absolute atomic E-state index is 12.4. The zero-order chi connectivity index (χ0) is 18.8. The Hall–Kier alpha value is -2.85. The average Bonchev–Trinajstić information content (AvgIpc) is 3.22. The van der Waals surface area contributed by atoms with Crippen LogP contribution in [-0.2, 0) is 17.8 Å². The Kier molecular flexibility index (Phi) is 4.96. The molecule has 0 aliphatic heterocycles. The Balaban J connectivity index is 1.84. The molecule has 3 aromatic rings. The van der Waals surface area contributed by atoms with E-state index in [0.29, 0.717) is 9.90 Å². The highest BCUT2D eigenvalue weighted by atomic mass is 32.2. The highest BCUT2D eigenvalue weighted by Crippen LogP contribution is 2.26. The first kappa shape index (κ1) is 18.0. The Labute approximate surface area is 155 Å². The van der Waals surface area contributed by atoms with Gasteiger partial charge in [0, 0.05) is 46.1 Å². The van der Waals surface area contributed by atoms with Crippen molar-refractivity contribution in [1.29, 1.82) is 0 Å². The van der Waals surface area contributed by atoms with E-state index in [4.69, 9.17) is 5.73 Å². The molecule has 2 amide bonds. The molecular weight excluding hydrogens is 374 g/mol. The van der Waals surface area contributed by atoms with Crippen LogP contribution in [0, 0.1) is 0 Å². The second-order valence-corrected chi connectivity index (χ2v) is 7.64. The van der Waals surface area contributed by atoms with Gasteiger partial charge in [-0.15, -0.1) is 11.3 Å².